The summed E-state index contributed by atoms with van der Waals surface area (Å²) in [5, 5.41) is 14.1. The summed E-state index contributed by atoms with van der Waals surface area (Å²) < 4.78 is 27.8. The van der Waals surface area contributed by atoms with Crippen LogP contribution >= 0.6 is 0 Å². The summed E-state index contributed by atoms with van der Waals surface area (Å²) in [5.74, 6) is -1.24. The maximum atomic E-state index is 14.1. The van der Waals surface area contributed by atoms with Crippen molar-refractivity contribution in [1.82, 2.24) is 19.5 Å². The Balaban J connectivity index is 1.29. The number of hydrogen-bond donors (Lipinski definition) is 2. The Bertz CT molecular complexity index is 1770. The fourth-order valence-electron chi connectivity index (χ4n) is 5.89. The molecule has 2 saturated heterocycles. The number of pyridine rings is 1. The molecular formula is C31H28N4O6S. The molecule has 0 radical (unpaired) electrons. The van der Waals surface area contributed by atoms with Crippen LogP contribution in [-0.2, 0) is 26.0 Å². The molecule has 0 bridgehead atoms. The van der Waals surface area contributed by atoms with Gasteiger partial charge in [-0.2, -0.15) is 4.31 Å². The van der Waals surface area contributed by atoms with Gasteiger partial charge >= 0.3 is 0 Å². The van der Waals surface area contributed by atoms with Crippen LogP contribution in [0, 0.1) is 0 Å². The summed E-state index contributed by atoms with van der Waals surface area (Å²) in [6.07, 6.45) is 1.75. The zero-order valence-corrected chi connectivity index (χ0v) is 23.3. The molecule has 2 amide bonds. The Morgan fingerprint density at radius 1 is 0.976 bits per heavy atom. The van der Waals surface area contributed by atoms with Gasteiger partial charge in [-0.15, -0.1) is 0 Å². The minimum atomic E-state index is -4.05. The van der Waals surface area contributed by atoms with E-state index in [1.54, 1.807) is 36.4 Å². The molecule has 2 N–H and O–H groups in total. The van der Waals surface area contributed by atoms with E-state index in [9.17, 15) is 27.9 Å². The second-order valence-corrected chi connectivity index (χ2v) is 12.3. The number of fused-ring (bicyclic) bond motifs is 2. The van der Waals surface area contributed by atoms with Crippen molar-refractivity contribution < 1.29 is 27.9 Å². The topological polar surface area (TPSA) is 137 Å². The summed E-state index contributed by atoms with van der Waals surface area (Å²) in [6, 6.07) is 20.9. The van der Waals surface area contributed by atoms with Crippen LogP contribution in [0.3, 0.4) is 0 Å². The number of nitrogens with zero attached hydrogens (tertiary/aromatic N) is 3. The molecule has 6 rings (SSSR count). The van der Waals surface area contributed by atoms with Gasteiger partial charge in [0.15, 0.2) is 10.8 Å². The van der Waals surface area contributed by atoms with Crippen molar-refractivity contribution in [1.29, 1.82) is 0 Å². The molecule has 11 heteroatoms. The fourth-order valence-corrected chi connectivity index (χ4v) is 7.45. The number of hydrogen-bond acceptors (Lipinski definition) is 7. The average molecular weight is 585 g/mol. The molecule has 3 heterocycles. The predicted octanol–water partition coefficient (Wildman–Crippen LogP) is 2.52. The first-order chi connectivity index (χ1) is 20.2. The molecule has 42 heavy (non-hydrogen) atoms. The van der Waals surface area contributed by atoms with Gasteiger partial charge < -0.3 is 15.3 Å². The SMILES string of the molecule is O=C(NC(Cc1ccc(O)cc1)C(=O)N1CCC2C1C(=O)CN2S(=O)(=O)c1ccccn1)c1cccc2ccccc12. The first kappa shape index (κ1) is 27.6. The van der Waals surface area contributed by atoms with Crippen molar-refractivity contribution in [3.8, 4) is 5.75 Å². The minimum Gasteiger partial charge on any atom is -0.508 e. The van der Waals surface area contributed by atoms with E-state index in [0.717, 1.165) is 15.1 Å². The third kappa shape index (κ3) is 5.01. The number of carbonyl (C=O) groups excluding carboxylic acids is 3. The number of sulfonamides is 1. The number of carbonyl (C=O) groups is 3. The van der Waals surface area contributed by atoms with E-state index in [1.165, 1.54) is 29.3 Å². The van der Waals surface area contributed by atoms with E-state index >= 15 is 0 Å². The standard InChI is InChI=1S/C31H28N4O6S/c36-22-13-11-20(12-14-22)18-25(33-30(38)24-9-5-7-21-6-1-2-8-23(21)24)31(39)34-17-15-26-29(34)27(37)19-35(26)42(40,41)28-10-3-4-16-32-28/h1-14,16,25-26,29,36H,15,17-19H2,(H,33,38). The highest BCUT2D eigenvalue weighted by Crippen LogP contribution is 2.34. The Morgan fingerprint density at radius 2 is 1.71 bits per heavy atom. The number of phenolic OH excluding ortho intramolecular Hbond substituents is 1. The van der Waals surface area contributed by atoms with Crippen molar-refractivity contribution in [2.75, 3.05) is 13.1 Å². The number of Topliss-reactive ketones (excluding diaryl/α,β-unsaturated/α-hetero) is 1. The molecule has 4 aromatic rings. The average Bonchev–Trinajstić information content (AvgIpc) is 3.59. The Labute approximate surface area is 242 Å². The van der Waals surface area contributed by atoms with Gasteiger partial charge in [-0.1, -0.05) is 54.6 Å². The van der Waals surface area contributed by atoms with Crippen LogP contribution < -0.4 is 5.32 Å². The highest BCUT2D eigenvalue weighted by atomic mass is 32.2. The summed E-state index contributed by atoms with van der Waals surface area (Å²) in [5.41, 5.74) is 1.10. The summed E-state index contributed by atoms with van der Waals surface area (Å²) in [4.78, 5) is 46.3. The van der Waals surface area contributed by atoms with E-state index < -0.39 is 40.0 Å². The van der Waals surface area contributed by atoms with Gasteiger partial charge in [0.1, 0.15) is 17.8 Å². The molecule has 3 aromatic carbocycles. The quantitative estimate of drug-likeness (QED) is 0.341. The van der Waals surface area contributed by atoms with Gasteiger partial charge in [0.2, 0.25) is 5.91 Å². The maximum Gasteiger partial charge on any atom is 0.261 e. The Hall–Kier alpha value is -4.61. The number of rotatable bonds is 7. The molecule has 3 atom stereocenters. The normalized spacial score (nSPS) is 19.5. The summed E-state index contributed by atoms with van der Waals surface area (Å²) >= 11 is 0. The number of amides is 2. The first-order valence-electron chi connectivity index (χ1n) is 13.6. The summed E-state index contributed by atoms with van der Waals surface area (Å²) in [7, 11) is -4.05. The number of nitrogens with one attached hydrogen (secondary N) is 1. The van der Waals surface area contributed by atoms with E-state index in [0.29, 0.717) is 11.1 Å². The number of benzene rings is 3. The van der Waals surface area contributed by atoms with Gasteiger partial charge in [0, 0.05) is 24.7 Å². The second-order valence-electron chi connectivity index (χ2n) is 10.4. The van der Waals surface area contributed by atoms with E-state index in [2.05, 4.69) is 10.3 Å². The predicted molar refractivity (Wildman–Crippen MR) is 154 cm³/mol. The molecular weight excluding hydrogens is 556 g/mol. The minimum absolute atomic E-state index is 0.0644. The lowest BCUT2D eigenvalue weighted by atomic mass is 10.0. The smallest absolute Gasteiger partial charge is 0.261 e. The van der Waals surface area contributed by atoms with Crippen molar-refractivity contribution in [3.05, 3.63) is 102 Å². The molecule has 2 aliphatic heterocycles. The fraction of sp³-hybridized carbons (Fsp3) is 0.226. The van der Waals surface area contributed by atoms with E-state index in [1.807, 2.05) is 30.3 Å². The summed E-state index contributed by atoms with van der Waals surface area (Å²) in [6.45, 7) is -0.201. The number of likely N-dealkylation sites (tertiary alicyclic amines) is 1. The van der Waals surface area contributed by atoms with Crippen LogP contribution in [0.15, 0.2) is 96.2 Å². The molecule has 0 aliphatic carbocycles. The van der Waals surface area contributed by atoms with Crippen LogP contribution in [0.5, 0.6) is 5.75 Å². The maximum absolute atomic E-state index is 14.1. The van der Waals surface area contributed by atoms with Crippen molar-refractivity contribution in [2.24, 2.45) is 0 Å². The van der Waals surface area contributed by atoms with E-state index in [-0.39, 0.29) is 42.5 Å². The third-order valence-electron chi connectivity index (χ3n) is 7.89. The van der Waals surface area contributed by atoms with Crippen LogP contribution in [0.2, 0.25) is 0 Å². The van der Waals surface area contributed by atoms with Crippen molar-refractivity contribution >= 4 is 38.4 Å². The Kier molecular flexibility index (Phi) is 7.21. The monoisotopic (exact) mass is 584 g/mol. The second kappa shape index (κ2) is 11.0. The number of aromatic nitrogens is 1. The van der Waals surface area contributed by atoms with Crippen LogP contribution in [0.1, 0.15) is 22.3 Å². The lowest BCUT2D eigenvalue weighted by molar-refractivity contribution is -0.138. The molecule has 3 unspecified atom stereocenters. The molecule has 214 valence electrons. The zero-order valence-electron chi connectivity index (χ0n) is 22.5. The molecule has 2 fully saturated rings. The van der Waals surface area contributed by atoms with Crippen LogP contribution in [0.25, 0.3) is 10.8 Å². The van der Waals surface area contributed by atoms with Crippen molar-refractivity contribution in [3.63, 3.8) is 0 Å². The largest absolute Gasteiger partial charge is 0.508 e. The van der Waals surface area contributed by atoms with Gasteiger partial charge in [-0.05, 0) is 53.1 Å². The molecule has 2 aliphatic rings. The van der Waals surface area contributed by atoms with Gasteiger partial charge in [0.25, 0.3) is 15.9 Å². The lowest BCUT2D eigenvalue weighted by Crippen LogP contribution is -2.53. The van der Waals surface area contributed by atoms with Crippen LogP contribution in [0.4, 0.5) is 0 Å². The molecule has 0 saturated carbocycles. The molecule has 1 aromatic heterocycles. The lowest BCUT2D eigenvalue weighted by Gasteiger charge is -2.28. The van der Waals surface area contributed by atoms with Crippen molar-refractivity contribution in [2.45, 2.75) is 36.0 Å². The molecule has 10 nitrogen and oxygen atoms in total. The van der Waals surface area contributed by atoms with Gasteiger partial charge in [0.05, 0.1) is 12.6 Å². The van der Waals surface area contributed by atoms with Crippen LogP contribution in [-0.4, -0.2) is 76.5 Å². The number of aromatic hydroxyl groups is 1. The first-order valence-corrected chi connectivity index (χ1v) is 15.0. The van der Waals surface area contributed by atoms with E-state index in [4.69, 9.17) is 0 Å². The Morgan fingerprint density at radius 3 is 2.48 bits per heavy atom. The number of phenols is 1. The van der Waals surface area contributed by atoms with Gasteiger partial charge in [-0.3, -0.25) is 14.4 Å². The zero-order chi connectivity index (χ0) is 29.4. The number of ketones is 1. The van der Waals surface area contributed by atoms with Gasteiger partial charge in [-0.25, -0.2) is 13.4 Å². The highest BCUT2D eigenvalue weighted by Gasteiger charge is 2.54. The molecule has 0 spiro atoms. The third-order valence-corrected chi connectivity index (χ3v) is 9.67. The highest BCUT2D eigenvalue weighted by molar-refractivity contribution is 7.89.